The third kappa shape index (κ3) is 3.71. The van der Waals surface area contributed by atoms with Gasteiger partial charge in [0.15, 0.2) is 0 Å². The fraction of sp³-hybridized carbons (Fsp3) is 0.533. The van der Waals surface area contributed by atoms with Crippen molar-refractivity contribution in [3.05, 3.63) is 29.8 Å². The van der Waals surface area contributed by atoms with Crippen molar-refractivity contribution < 1.29 is 14.6 Å². The zero-order valence-electron chi connectivity index (χ0n) is 11.8. The number of amides is 1. The number of ether oxygens (including phenoxy) is 1. The van der Waals surface area contributed by atoms with E-state index in [1.807, 2.05) is 0 Å². The second-order valence-corrected chi connectivity index (χ2v) is 5.26. The van der Waals surface area contributed by atoms with E-state index in [9.17, 15) is 9.90 Å². The Bertz CT molecular complexity index is 447. The standard InChI is InChI=1S/C15H22N2O3/c1-20-13-3-2-8-17(10-13)15(19)14(16)9-11-4-6-12(18)7-5-11/h4-7,13-14,18H,2-3,8-10,16H2,1H3/t13?,14-/m1/s1. The van der Waals surface area contributed by atoms with E-state index in [0.29, 0.717) is 13.0 Å². The molecule has 5 heteroatoms. The number of carbonyl (C=O) groups excluding carboxylic acids is 1. The number of phenols is 1. The summed E-state index contributed by atoms with van der Waals surface area (Å²) in [6.45, 7) is 1.38. The van der Waals surface area contributed by atoms with Crippen LogP contribution in [0.25, 0.3) is 0 Å². The molecule has 2 atom stereocenters. The van der Waals surface area contributed by atoms with Crippen LogP contribution in [0.5, 0.6) is 5.75 Å². The lowest BCUT2D eigenvalue weighted by molar-refractivity contribution is -0.136. The average molecular weight is 278 g/mol. The van der Waals surface area contributed by atoms with Crippen LogP contribution in [0.2, 0.25) is 0 Å². The number of nitrogens with zero attached hydrogens (tertiary/aromatic N) is 1. The highest BCUT2D eigenvalue weighted by atomic mass is 16.5. The van der Waals surface area contributed by atoms with Crippen LogP contribution in [-0.2, 0) is 16.0 Å². The summed E-state index contributed by atoms with van der Waals surface area (Å²) < 4.78 is 5.32. The summed E-state index contributed by atoms with van der Waals surface area (Å²) in [5.74, 6) is 0.187. The largest absolute Gasteiger partial charge is 0.508 e. The van der Waals surface area contributed by atoms with E-state index >= 15 is 0 Å². The van der Waals surface area contributed by atoms with Crippen molar-refractivity contribution in [1.82, 2.24) is 4.90 Å². The van der Waals surface area contributed by atoms with Gasteiger partial charge < -0.3 is 20.5 Å². The van der Waals surface area contributed by atoms with Crippen LogP contribution in [0.1, 0.15) is 18.4 Å². The van der Waals surface area contributed by atoms with Gasteiger partial charge in [-0.2, -0.15) is 0 Å². The number of hydrogen-bond acceptors (Lipinski definition) is 4. The first-order valence-corrected chi connectivity index (χ1v) is 6.95. The molecule has 20 heavy (non-hydrogen) atoms. The predicted octanol–water partition coefficient (Wildman–Crippen LogP) is 0.899. The minimum atomic E-state index is -0.546. The van der Waals surface area contributed by atoms with E-state index in [1.165, 1.54) is 0 Å². The third-order valence-electron chi connectivity index (χ3n) is 3.73. The summed E-state index contributed by atoms with van der Waals surface area (Å²) in [6, 6.07) is 6.24. The Labute approximate surface area is 119 Å². The SMILES string of the molecule is COC1CCCN(C(=O)[C@H](N)Cc2ccc(O)cc2)C1. The number of phenolic OH excluding ortho intramolecular Hbond substituents is 1. The first-order chi connectivity index (χ1) is 9.60. The number of piperidine rings is 1. The topological polar surface area (TPSA) is 75.8 Å². The molecule has 1 amide bonds. The van der Waals surface area contributed by atoms with Gasteiger partial charge in [0.05, 0.1) is 12.1 Å². The number of nitrogens with two attached hydrogens (primary N) is 1. The molecule has 1 aromatic rings. The lowest BCUT2D eigenvalue weighted by Gasteiger charge is -2.33. The Morgan fingerprint density at radius 2 is 2.20 bits per heavy atom. The van der Waals surface area contributed by atoms with Gasteiger partial charge in [-0.15, -0.1) is 0 Å². The van der Waals surface area contributed by atoms with Gasteiger partial charge in [-0.1, -0.05) is 12.1 Å². The van der Waals surface area contributed by atoms with Crippen LogP contribution >= 0.6 is 0 Å². The van der Waals surface area contributed by atoms with Crippen LogP contribution in [0.15, 0.2) is 24.3 Å². The fourth-order valence-electron chi connectivity index (χ4n) is 2.54. The zero-order chi connectivity index (χ0) is 14.5. The van der Waals surface area contributed by atoms with Crippen molar-refractivity contribution >= 4 is 5.91 Å². The van der Waals surface area contributed by atoms with E-state index in [0.717, 1.165) is 24.9 Å². The number of aromatic hydroxyl groups is 1. The Hall–Kier alpha value is -1.59. The second kappa shape index (κ2) is 6.72. The van der Waals surface area contributed by atoms with Crippen LogP contribution in [0.3, 0.4) is 0 Å². The van der Waals surface area contributed by atoms with Crippen molar-refractivity contribution in [2.45, 2.75) is 31.4 Å². The van der Waals surface area contributed by atoms with E-state index in [-0.39, 0.29) is 17.8 Å². The van der Waals surface area contributed by atoms with Crippen molar-refractivity contribution in [2.75, 3.05) is 20.2 Å². The van der Waals surface area contributed by atoms with Crippen LogP contribution < -0.4 is 5.73 Å². The highest BCUT2D eigenvalue weighted by Gasteiger charge is 2.27. The summed E-state index contributed by atoms with van der Waals surface area (Å²) in [7, 11) is 1.68. The van der Waals surface area contributed by atoms with E-state index in [1.54, 1.807) is 36.3 Å². The predicted molar refractivity (Wildman–Crippen MR) is 76.4 cm³/mol. The summed E-state index contributed by atoms with van der Waals surface area (Å²) in [4.78, 5) is 14.1. The summed E-state index contributed by atoms with van der Waals surface area (Å²) in [5.41, 5.74) is 6.96. The number of hydrogen-bond donors (Lipinski definition) is 2. The Balaban J connectivity index is 1.92. The summed E-state index contributed by atoms with van der Waals surface area (Å²) >= 11 is 0. The smallest absolute Gasteiger partial charge is 0.239 e. The highest BCUT2D eigenvalue weighted by Crippen LogP contribution is 2.15. The summed E-state index contributed by atoms with van der Waals surface area (Å²) in [6.07, 6.45) is 2.55. The fourth-order valence-corrected chi connectivity index (χ4v) is 2.54. The van der Waals surface area contributed by atoms with Gasteiger partial charge in [-0.05, 0) is 37.0 Å². The molecule has 1 saturated heterocycles. The number of carbonyl (C=O) groups is 1. The number of benzene rings is 1. The number of likely N-dealkylation sites (tertiary alicyclic amines) is 1. The monoisotopic (exact) mass is 278 g/mol. The van der Waals surface area contributed by atoms with Crippen molar-refractivity contribution in [3.63, 3.8) is 0 Å². The maximum Gasteiger partial charge on any atom is 0.239 e. The van der Waals surface area contributed by atoms with E-state index < -0.39 is 6.04 Å². The van der Waals surface area contributed by atoms with Gasteiger partial charge in [-0.25, -0.2) is 0 Å². The molecule has 3 N–H and O–H groups in total. The van der Waals surface area contributed by atoms with Gasteiger partial charge in [0.2, 0.25) is 5.91 Å². The molecule has 0 spiro atoms. The molecule has 1 fully saturated rings. The first kappa shape index (κ1) is 14.8. The van der Waals surface area contributed by atoms with Gasteiger partial charge >= 0.3 is 0 Å². The Morgan fingerprint density at radius 3 is 2.85 bits per heavy atom. The molecule has 1 unspecified atom stereocenters. The number of methoxy groups -OCH3 is 1. The molecular formula is C15H22N2O3. The average Bonchev–Trinajstić information content (AvgIpc) is 2.48. The molecule has 5 nitrogen and oxygen atoms in total. The maximum atomic E-state index is 12.3. The zero-order valence-corrected chi connectivity index (χ0v) is 11.8. The molecule has 1 aliphatic rings. The molecule has 1 aromatic carbocycles. The summed E-state index contributed by atoms with van der Waals surface area (Å²) in [5, 5.41) is 9.24. The van der Waals surface area contributed by atoms with Crippen LogP contribution in [0.4, 0.5) is 0 Å². The van der Waals surface area contributed by atoms with Gasteiger partial charge in [0.25, 0.3) is 0 Å². The van der Waals surface area contributed by atoms with E-state index in [2.05, 4.69) is 0 Å². The third-order valence-corrected chi connectivity index (χ3v) is 3.73. The molecule has 0 saturated carbocycles. The molecule has 0 bridgehead atoms. The molecule has 0 radical (unpaired) electrons. The molecule has 2 rings (SSSR count). The van der Waals surface area contributed by atoms with Crippen LogP contribution in [0, 0.1) is 0 Å². The quantitative estimate of drug-likeness (QED) is 0.858. The maximum absolute atomic E-state index is 12.3. The minimum absolute atomic E-state index is 0.0279. The highest BCUT2D eigenvalue weighted by molar-refractivity contribution is 5.82. The number of rotatable bonds is 4. The molecule has 110 valence electrons. The minimum Gasteiger partial charge on any atom is -0.508 e. The second-order valence-electron chi connectivity index (χ2n) is 5.26. The lowest BCUT2D eigenvalue weighted by atomic mass is 10.0. The van der Waals surface area contributed by atoms with Crippen LogP contribution in [-0.4, -0.2) is 48.3 Å². The molecule has 0 aromatic heterocycles. The molecule has 1 heterocycles. The normalized spacial score (nSPS) is 20.7. The van der Waals surface area contributed by atoms with Crippen molar-refractivity contribution in [1.29, 1.82) is 0 Å². The van der Waals surface area contributed by atoms with Gasteiger partial charge in [-0.3, -0.25) is 4.79 Å². The van der Waals surface area contributed by atoms with Crippen molar-refractivity contribution in [2.24, 2.45) is 5.73 Å². The molecule has 1 aliphatic heterocycles. The Kier molecular flexibility index (Phi) is 4.98. The Morgan fingerprint density at radius 1 is 1.50 bits per heavy atom. The van der Waals surface area contributed by atoms with Gasteiger partial charge in [0, 0.05) is 20.2 Å². The van der Waals surface area contributed by atoms with E-state index in [4.69, 9.17) is 10.5 Å². The molecule has 0 aliphatic carbocycles. The van der Waals surface area contributed by atoms with Crippen molar-refractivity contribution in [3.8, 4) is 5.75 Å². The first-order valence-electron chi connectivity index (χ1n) is 6.95. The van der Waals surface area contributed by atoms with Gasteiger partial charge in [0.1, 0.15) is 5.75 Å². The lowest BCUT2D eigenvalue weighted by Crippen LogP contribution is -2.50. The molecular weight excluding hydrogens is 256 g/mol.